The fourth-order valence-corrected chi connectivity index (χ4v) is 2.35. The third kappa shape index (κ3) is 2.64. The van der Waals surface area contributed by atoms with E-state index in [0.29, 0.717) is 12.2 Å². The lowest BCUT2D eigenvalue weighted by Crippen LogP contribution is -2.05. The number of benzene rings is 1. The second-order valence-corrected chi connectivity index (χ2v) is 4.88. The van der Waals surface area contributed by atoms with E-state index in [0.717, 1.165) is 29.0 Å². The molecule has 0 aliphatic heterocycles. The Labute approximate surface area is 125 Å². The zero-order chi connectivity index (χ0) is 15.7. The second-order valence-electron chi connectivity index (χ2n) is 4.88. The van der Waals surface area contributed by atoms with Gasteiger partial charge in [0.25, 0.3) is 0 Å². The number of aromatic nitrogens is 2. The van der Waals surface area contributed by atoms with Gasteiger partial charge in [-0.05, 0) is 29.8 Å². The molecule has 0 fully saturated rings. The number of alkyl halides is 3. The van der Waals surface area contributed by atoms with Crippen molar-refractivity contribution < 1.29 is 17.9 Å². The largest absolute Gasteiger partial charge is 0.494 e. The maximum atomic E-state index is 12.6. The molecule has 0 saturated heterocycles. The van der Waals surface area contributed by atoms with Crippen molar-refractivity contribution in [2.45, 2.75) is 12.6 Å². The highest BCUT2D eigenvalue weighted by Crippen LogP contribution is 2.29. The van der Waals surface area contributed by atoms with E-state index in [2.05, 4.69) is 4.98 Å². The first-order valence-corrected chi connectivity index (χ1v) is 6.64. The van der Waals surface area contributed by atoms with Gasteiger partial charge in [-0.1, -0.05) is 12.1 Å². The molecular formula is C16H13F3N2O. The molecular weight excluding hydrogens is 293 g/mol. The number of methoxy groups -OCH3 is 1. The fraction of sp³-hybridized carbons (Fsp3) is 0.188. The highest BCUT2D eigenvalue weighted by molar-refractivity contribution is 5.59. The first-order chi connectivity index (χ1) is 10.5. The van der Waals surface area contributed by atoms with Crippen LogP contribution in [0.1, 0.15) is 17.0 Å². The maximum Gasteiger partial charge on any atom is 0.416 e. The zero-order valence-corrected chi connectivity index (χ0v) is 11.8. The Balaban J connectivity index is 1.90. The molecule has 0 aliphatic rings. The molecule has 1 aromatic carbocycles. The van der Waals surface area contributed by atoms with E-state index in [-0.39, 0.29) is 0 Å². The molecule has 3 nitrogen and oxygen atoms in total. The lowest BCUT2D eigenvalue weighted by atomic mass is 10.1. The van der Waals surface area contributed by atoms with E-state index < -0.39 is 11.7 Å². The quantitative estimate of drug-likeness (QED) is 0.732. The van der Waals surface area contributed by atoms with Crippen LogP contribution in [0.3, 0.4) is 0 Å². The van der Waals surface area contributed by atoms with Crippen LogP contribution in [0.15, 0.2) is 48.8 Å². The first-order valence-electron chi connectivity index (χ1n) is 6.64. The predicted octanol–water partition coefficient (Wildman–Crippen LogP) is 3.95. The average molecular weight is 306 g/mol. The molecule has 3 aromatic rings. The van der Waals surface area contributed by atoms with Gasteiger partial charge in [0, 0.05) is 12.6 Å². The summed E-state index contributed by atoms with van der Waals surface area (Å²) in [6.45, 7) is 0. The topological polar surface area (TPSA) is 26.5 Å². The normalized spacial score (nSPS) is 11.8. The van der Waals surface area contributed by atoms with E-state index in [1.807, 2.05) is 22.7 Å². The van der Waals surface area contributed by atoms with Crippen LogP contribution < -0.4 is 4.74 Å². The van der Waals surface area contributed by atoms with Crippen molar-refractivity contribution in [3.05, 3.63) is 65.7 Å². The number of fused-ring (bicyclic) bond motifs is 1. The van der Waals surface area contributed by atoms with Gasteiger partial charge in [-0.3, -0.25) is 0 Å². The van der Waals surface area contributed by atoms with Crippen LogP contribution in [0, 0.1) is 0 Å². The number of halogens is 3. The van der Waals surface area contributed by atoms with Gasteiger partial charge in [0.15, 0.2) is 0 Å². The van der Waals surface area contributed by atoms with Crippen molar-refractivity contribution in [3.8, 4) is 5.75 Å². The number of pyridine rings is 1. The molecule has 0 saturated carbocycles. The molecule has 2 aromatic heterocycles. The van der Waals surface area contributed by atoms with Crippen molar-refractivity contribution in [2.75, 3.05) is 7.11 Å². The van der Waals surface area contributed by atoms with Gasteiger partial charge in [0.1, 0.15) is 17.1 Å². The molecule has 0 unspecified atom stereocenters. The Bertz CT molecular complexity index is 791. The molecule has 0 atom stereocenters. The summed E-state index contributed by atoms with van der Waals surface area (Å²) >= 11 is 0. The summed E-state index contributed by atoms with van der Waals surface area (Å²) in [6, 6.07) is 8.80. The highest BCUT2D eigenvalue weighted by Gasteiger charge is 2.29. The lowest BCUT2D eigenvalue weighted by molar-refractivity contribution is -0.137. The van der Waals surface area contributed by atoms with Gasteiger partial charge in [0.2, 0.25) is 0 Å². The summed E-state index contributed by atoms with van der Waals surface area (Å²) in [4.78, 5) is 4.33. The Hall–Kier alpha value is -2.50. The third-order valence-electron chi connectivity index (χ3n) is 3.47. The van der Waals surface area contributed by atoms with E-state index in [9.17, 15) is 13.2 Å². The summed E-state index contributed by atoms with van der Waals surface area (Å²) in [5.41, 5.74) is 0.945. The molecule has 0 N–H and O–H groups in total. The van der Waals surface area contributed by atoms with Crippen molar-refractivity contribution >= 4 is 5.52 Å². The van der Waals surface area contributed by atoms with Crippen molar-refractivity contribution in [1.29, 1.82) is 0 Å². The van der Waals surface area contributed by atoms with Crippen LogP contribution in [0.25, 0.3) is 5.52 Å². The van der Waals surface area contributed by atoms with Crippen LogP contribution in [0.5, 0.6) is 5.75 Å². The van der Waals surface area contributed by atoms with Crippen molar-refractivity contribution in [2.24, 2.45) is 0 Å². The van der Waals surface area contributed by atoms with Gasteiger partial charge in [-0.2, -0.15) is 13.2 Å². The molecule has 0 amide bonds. The molecule has 0 radical (unpaired) electrons. The van der Waals surface area contributed by atoms with Crippen LogP contribution in [-0.4, -0.2) is 16.5 Å². The molecule has 114 valence electrons. The molecule has 0 aliphatic carbocycles. The summed E-state index contributed by atoms with van der Waals surface area (Å²) in [5, 5.41) is 0. The first kappa shape index (κ1) is 14.4. The lowest BCUT2D eigenvalue weighted by Gasteiger charge is -2.08. The number of imidazole rings is 1. The Morgan fingerprint density at radius 3 is 2.50 bits per heavy atom. The molecule has 6 heteroatoms. The molecule has 22 heavy (non-hydrogen) atoms. The third-order valence-corrected chi connectivity index (χ3v) is 3.47. The SMILES string of the molecule is COc1cccn2c(Cc3ccc(C(F)(F)F)cc3)ncc12. The van der Waals surface area contributed by atoms with E-state index in [1.165, 1.54) is 12.1 Å². The minimum absolute atomic E-state index is 0.444. The molecule has 0 spiro atoms. The minimum atomic E-state index is -4.31. The van der Waals surface area contributed by atoms with Gasteiger partial charge in [-0.25, -0.2) is 4.98 Å². The smallest absolute Gasteiger partial charge is 0.416 e. The Kier molecular flexibility index (Phi) is 3.52. The Morgan fingerprint density at radius 2 is 1.86 bits per heavy atom. The molecule has 3 rings (SSSR count). The number of nitrogens with zero attached hydrogens (tertiary/aromatic N) is 2. The van der Waals surface area contributed by atoms with Crippen LogP contribution in [0.4, 0.5) is 13.2 Å². The van der Waals surface area contributed by atoms with Gasteiger partial charge >= 0.3 is 6.18 Å². The maximum absolute atomic E-state index is 12.6. The van der Waals surface area contributed by atoms with Crippen LogP contribution in [0.2, 0.25) is 0 Å². The molecule has 2 heterocycles. The van der Waals surface area contributed by atoms with Crippen molar-refractivity contribution in [3.63, 3.8) is 0 Å². The van der Waals surface area contributed by atoms with Crippen LogP contribution >= 0.6 is 0 Å². The van der Waals surface area contributed by atoms with Gasteiger partial charge < -0.3 is 9.14 Å². The Morgan fingerprint density at radius 1 is 1.14 bits per heavy atom. The van der Waals surface area contributed by atoms with E-state index in [1.54, 1.807) is 13.3 Å². The van der Waals surface area contributed by atoms with E-state index >= 15 is 0 Å². The number of ether oxygens (including phenoxy) is 1. The van der Waals surface area contributed by atoms with Gasteiger partial charge in [0.05, 0.1) is 18.9 Å². The standard InChI is InChI=1S/C16H13F3N2O/c1-22-14-3-2-8-21-13(14)10-20-15(21)9-11-4-6-12(7-5-11)16(17,18)19/h2-8,10H,9H2,1H3. The predicted molar refractivity (Wildman–Crippen MR) is 76.0 cm³/mol. The summed E-state index contributed by atoms with van der Waals surface area (Å²) < 4.78 is 44.8. The minimum Gasteiger partial charge on any atom is -0.494 e. The monoisotopic (exact) mass is 306 g/mol. The zero-order valence-electron chi connectivity index (χ0n) is 11.8. The van der Waals surface area contributed by atoms with Crippen molar-refractivity contribution in [1.82, 2.24) is 9.38 Å². The van der Waals surface area contributed by atoms with Crippen LogP contribution in [-0.2, 0) is 12.6 Å². The summed E-state index contributed by atoms with van der Waals surface area (Å²) in [5.74, 6) is 1.45. The summed E-state index contributed by atoms with van der Waals surface area (Å²) in [6.07, 6.45) is -0.326. The summed E-state index contributed by atoms with van der Waals surface area (Å²) in [7, 11) is 1.58. The average Bonchev–Trinajstić information content (AvgIpc) is 2.90. The number of rotatable bonds is 3. The highest BCUT2D eigenvalue weighted by atomic mass is 19.4. The number of hydrogen-bond acceptors (Lipinski definition) is 2. The van der Waals surface area contributed by atoms with E-state index in [4.69, 9.17) is 4.74 Å². The molecule has 0 bridgehead atoms. The fourth-order valence-electron chi connectivity index (χ4n) is 2.35. The second kappa shape index (κ2) is 5.36. The van der Waals surface area contributed by atoms with Gasteiger partial charge in [-0.15, -0.1) is 0 Å². The number of hydrogen-bond donors (Lipinski definition) is 0.